The molecule has 1 aromatic carbocycles. The Bertz CT molecular complexity index is 783. The molecule has 2 heterocycles. The number of hydrogen-bond acceptors (Lipinski definition) is 2. The monoisotopic (exact) mass is 251 g/mol. The van der Waals surface area contributed by atoms with Gasteiger partial charge in [0.1, 0.15) is 11.9 Å². The number of aromatic nitrogens is 2. The molecule has 0 unspecified atom stereocenters. The van der Waals surface area contributed by atoms with Gasteiger partial charge in [-0.3, -0.25) is 4.40 Å². The van der Waals surface area contributed by atoms with Crippen LogP contribution in [0.4, 0.5) is 4.39 Å². The number of nitrogens with zero attached hydrogens (tertiary/aromatic N) is 3. The van der Waals surface area contributed by atoms with Crippen LogP contribution in [0.1, 0.15) is 17.1 Å². The summed E-state index contributed by atoms with van der Waals surface area (Å²) in [5.41, 5.74) is 2.13. The Kier molecular flexibility index (Phi) is 2.73. The second-order valence-electron chi connectivity index (χ2n) is 4.22. The van der Waals surface area contributed by atoms with E-state index in [-0.39, 0.29) is 5.82 Å². The van der Waals surface area contributed by atoms with E-state index in [0.29, 0.717) is 23.5 Å². The molecule has 4 heteroatoms. The molecule has 3 rings (SSSR count). The van der Waals surface area contributed by atoms with E-state index in [9.17, 15) is 4.39 Å². The van der Waals surface area contributed by atoms with Crippen molar-refractivity contribution in [2.45, 2.75) is 6.42 Å². The van der Waals surface area contributed by atoms with Crippen molar-refractivity contribution in [2.24, 2.45) is 0 Å². The maximum Gasteiger partial charge on any atom is 0.217 e. The molecule has 0 saturated carbocycles. The fourth-order valence-corrected chi connectivity index (χ4v) is 2.13. The van der Waals surface area contributed by atoms with Crippen LogP contribution >= 0.6 is 0 Å². The number of rotatable bonds is 2. The molecule has 92 valence electrons. The third kappa shape index (κ3) is 1.95. The summed E-state index contributed by atoms with van der Waals surface area (Å²) in [7, 11) is 0. The average Bonchev–Trinajstić information content (AvgIpc) is 2.80. The molecule has 0 N–H and O–H groups in total. The maximum absolute atomic E-state index is 13.7. The first-order chi connectivity index (χ1) is 9.29. The standard InChI is InChI=1S/C15H10FN3/c16-12-6-2-1-5-11(12)9-13-14-7-3-4-8-19(14)15(10-17)18-13/h1-8H,9H2. The second kappa shape index (κ2) is 4.54. The van der Waals surface area contributed by atoms with Crippen LogP contribution in [0.2, 0.25) is 0 Å². The first kappa shape index (κ1) is 11.4. The zero-order valence-corrected chi connectivity index (χ0v) is 10.0. The van der Waals surface area contributed by atoms with Crippen molar-refractivity contribution in [3.05, 3.63) is 71.6 Å². The normalized spacial score (nSPS) is 10.5. The van der Waals surface area contributed by atoms with Gasteiger partial charge in [-0.1, -0.05) is 24.3 Å². The molecule has 3 nitrogen and oxygen atoms in total. The zero-order valence-electron chi connectivity index (χ0n) is 10.0. The van der Waals surface area contributed by atoms with E-state index in [2.05, 4.69) is 4.98 Å². The number of benzene rings is 1. The fraction of sp³-hybridized carbons (Fsp3) is 0.0667. The van der Waals surface area contributed by atoms with Gasteiger partial charge in [0.15, 0.2) is 0 Å². The summed E-state index contributed by atoms with van der Waals surface area (Å²) in [5, 5.41) is 9.06. The summed E-state index contributed by atoms with van der Waals surface area (Å²) in [4.78, 5) is 4.28. The van der Waals surface area contributed by atoms with Gasteiger partial charge < -0.3 is 0 Å². The summed E-state index contributed by atoms with van der Waals surface area (Å²) in [6, 6.07) is 14.3. The molecular formula is C15H10FN3. The van der Waals surface area contributed by atoms with Crippen LogP contribution in [0.5, 0.6) is 0 Å². The highest BCUT2D eigenvalue weighted by Crippen LogP contribution is 2.18. The molecule has 0 aliphatic rings. The Hall–Kier alpha value is -2.67. The number of fused-ring (bicyclic) bond motifs is 1. The first-order valence-corrected chi connectivity index (χ1v) is 5.89. The number of hydrogen-bond donors (Lipinski definition) is 0. The molecule has 0 radical (unpaired) electrons. The fourth-order valence-electron chi connectivity index (χ4n) is 2.13. The lowest BCUT2D eigenvalue weighted by atomic mass is 10.1. The van der Waals surface area contributed by atoms with E-state index in [1.807, 2.05) is 24.3 Å². The lowest BCUT2D eigenvalue weighted by Crippen LogP contribution is -1.93. The SMILES string of the molecule is N#Cc1nc(Cc2ccccc2F)c2ccccn12. The summed E-state index contributed by atoms with van der Waals surface area (Å²) in [6.45, 7) is 0. The van der Waals surface area contributed by atoms with E-state index < -0.39 is 0 Å². The Morgan fingerprint density at radius 1 is 1.16 bits per heavy atom. The number of pyridine rings is 1. The van der Waals surface area contributed by atoms with Crippen molar-refractivity contribution < 1.29 is 4.39 Å². The van der Waals surface area contributed by atoms with Gasteiger partial charge in [0, 0.05) is 12.6 Å². The molecular weight excluding hydrogens is 241 g/mol. The molecule has 19 heavy (non-hydrogen) atoms. The lowest BCUT2D eigenvalue weighted by Gasteiger charge is -2.01. The van der Waals surface area contributed by atoms with Crippen molar-refractivity contribution >= 4 is 5.52 Å². The Balaban J connectivity index is 2.12. The molecule has 0 bridgehead atoms. The Labute approximate surface area is 109 Å². The van der Waals surface area contributed by atoms with E-state index in [1.54, 1.807) is 28.8 Å². The molecule has 0 saturated heterocycles. The van der Waals surface area contributed by atoms with Crippen LogP contribution in [0.15, 0.2) is 48.7 Å². The highest BCUT2D eigenvalue weighted by atomic mass is 19.1. The Morgan fingerprint density at radius 2 is 1.95 bits per heavy atom. The molecule has 0 spiro atoms. The van der Waals surface area contributed by atoms with Crippen molar-refractivity contribution in [3.63, 3.8) is 0 Å². The van der Waals surface area contributed by atoms with E-state index in [1.165, 1.54) is 6.07 Å². The predicted octanol–water partition coefficient (Wildman–Crippen LogP) is 2.94. The van der Waals surface area contributed by atoms with Gasteiger partial charge in [0.2, 0.25) is 5.82 Å². The quantitative estimate of drug-likeness (QED) is 0.702. The van der Waals surface area contributed by atoms with Crippen LogP contribution in [-0.2, 0) is 6.42 Å². The summed E-state index contributed by atoms with van der Waals surface area (Å²) in [5.74, 6) is 0.0695. The number of halogens is 1. The van der Waals surface area contributed by atoms with Crippen LogP contribution in [0.25, 0.3) is 5.52 Å². The number of nitriles is 1. The summed E-state index contributed by atoms with van der Waals surface area (Å²) < 4.78 is 15.4. The zero-order chi connectivity index (χ0) is 13.2. The van der Waals surface area contributed by atoms with Crippen molar-refractivity contribution in [1.82, 2.24) is 9.38 Å². The van der Waals surface area contributed by atoms with Crippen molar-refractivity contribution in [3.8, 4) is 6.07 Å². The van der Waals surface area contributed by atoms with Gasteiger partial charge in [-0.05, 0) is 23.8 Å². The summed E-state index contributed by atoms with van der Waals surface area (Å²) in [6.07, 6.45) is 2.16. The topological polar surface area (TPSA) is 41.1 Å². The van der Waals surface area contributed by atoms with Gasteiger partial charge in [-0.15, -0.1) is 0 Å². The van der Waals surface area contributed by atoms with Gasteiger partial charge >= 0.3 is 0 Å². The lowest BCUT2D eigenvalue weighted by molar-refractivity contribution is 0.613. The third-order valence-electron chi connectivity index (χ3n) is 3.04. The van der Waals surface area contributed by atoms with Gasteiger partial charge in [-0.25, -0.2) is 9.37 Å². The minimum absolute atomic E-state index is 0.252. The summed E-state index contributed by atoms with van der Waals surface area (Å²) >= 11 is 0. The molecule has 3 aromatic rings. The van der Waals surface area contributed by atoms with Crippen LogP contribution in [0, 0.1) is 17.1 Å². The third-order valence-corrected chi connectivity index (χ3v) is 3.04. The molecule has 0 aliphatic heterocycles. The first-order valence-electron chi connectivity index (χ1n) is 5.89. The van der Waals surface area contributed by atoms with Crippen LogP contribution < -0.4 is 0 Å². The minimum Gasteiger partial charge on any atom is -0.291 e. The van der Waals surface area contributed by atoms with E-state index in [0.717, 1.165) is 5.52 Å². The average molecular weight is 251 g/mol. The highest BCUT2D eigenvalue weighted by molar-refractivity contribution is 5.56. The molecule has 0 fully saturated rings. The van der Waals surface area contributed by atoms with Gasteiger partial charge in [0.05, 0.1) is 11.2 Å². The highest BCUT2D eigenvalue weighted by Gasteiger charge is 2.12. The molecule has 0 amide bonds. The minimum atomic E-state index is -0.252. The Morgan fingerprint density at radius 3 is 2.74 bits per heavy atom. The van der Waals surface area contributed by atoms with Crippen LogP contribution in [0.3, 0.4) is 0 Å². The molecule has 0 atom stereocenters. The largest absolute Gasteiger partial charge is 0.291 e. The van der Waals surface area contributed by atoms with Crippen molar-refractivity contribution in [1.29, 1.82) is 5.26 Å². The van der Waals surface area contributed by atoms with Crippen molar-refractivity contribution in [2.75, 3.05) is 0 Å². The van der Waals surface area contributed by atoms with E-state index in [4.69, 9.17) is 5.26 Å². The van der Waals surface area contributed by atoms with E-state index >= 15 is 0 Å². The van der Waals surface area contributed by atoms with Gasteiger partial charge in [-0.2, -0.15) is 5.26 Å². The van der Waals surface area contributed by atoms with Crippen LogP contribution in [-0.4, -0.2) is 9.38 Å². The molecule has 2 aromatic heterocycles. The predicted molar refractivity (Wildman–Crippen MR) is 69.1 cm³/mol. The van der Waals surface area contributed by atoms with Gasteiger partial charge in [0.25, 0.3) is 0 Å². The maximum atomic E-state index is 13.7. The second-order valence-corrected chi connectivity index (χ2v) is 4.22. The number of imidazole rings is 1. The molecule has 0 aliphatic carbocycles. The smallest absolute Gasteiger partial charge is 0.217 e.